The minimum Gasteiger partial charge on any atom is -0.394 e. The van der Waals surface area contributed by atoms with Crippen molar-refractivity contribution in [1.82, 2.24) is 10.2 Å². The van der Waals surface area contributed by atoms with E-state index in [0.29, 0.717) is 12.8 Å². The largest absolute Gasteiger partial charge is 0.394 e. The first kappa shape index (κ1) is 11.8. The third-order valence-electron chi connectivity index (χ3n) is 2.66. The van der Waals surface area contributed by atoms with Crippen molar-refractivity contribution in [3.8, 4) is 11.3 Å². The molecule has 3 N–H and O–H groups in total. The van der Waals surface area contributed by atoms with Gasteiger partial charge in [-0.3, -0.25) is 5.10 Å². The van der Waals surface area contributed by atoms with Gasteiger partial charge in [0.2, 0.25) is 0 Å². The summed E-state index contributed by atoms with van der Waals surface area (Å²) in [5.74, 6) is 0. The first-order valence-corrected chi connectivity index (χ1v) is 5.68. The summed E-state index contributed by atoms with van der Waals surface area (Å²) in [6, 6.07) is 11.9. The van der Waals surface area contributed by atoms with E-state index in [1.54, 1.807) is 0 Å². The summed E-state index contributed by atoms with van der Waals surface area (Å²) in [7, 11) is 0. The van der Waals surface area contributed by atoms with Crippen molar-refractivity contribution in [2.45, 2.75) is 18.9 Å². The molecule has 0 saturated carbocycles. The van der Waals surface area contributed by atoms with Crippen molar-refractivity contribution in [1.29, 1.82) is 0 Å². The van der Waals surface area contributed by atoms with Crippen LogP contribution in [-0.4, -0.2) is 33.1 Å². The predicted molar refractivity (Wildman–Crippen MR) is 65.4 cm³/mol. The van der Waals surface area contributed by atoms with E-state index in [1.165, 1.54) is 0 Å². The molecule has 90 valence electrons. The first-order chi connectivity index (χ1) is 8.29. The first-order valence-electron chi connectivity index (χ1n) is 5.68. The number of hydrogen-bond acceptors (Lipinski definition) is 3. The monoisotopic (exact) mass is 232 g/mol. The van der Waals surface area contributed by atoms with E-state index < -0.39 is 6.10 Å². The molecule has 0 aliphatic rings. The Balaban J connectivity index is 2.01. The summed E-state index contributed by atoms with van der Waals surface area (Å²) < 4.78 is 0. The van der Waals surface area contributed by atoms with E-state index in [1.807, 2.05) is 36.4 Å². The van der Waals surface area contributed by atoms with Crippen LogP contribution in [0.2, 0.25) is 0 Å². The fourth-order valence-corrected chi connectivity index (χ4v) is 1.66. The van der Waals surface area contributed by atoms with Crippen molar-refractivity contribution < 1.29 is 10.2 Å². The number of hydrogen-bond donors (Lipinski definition) is 3. The van der Waals surface area contributed by atoms with Gasteiger partial charge < -0.3 is 10.2 Å². The molecule has 1 atom stereocenters. The summed E-state index contributed by atoms with van der Waals surface area (Å²) >= 11 is 0. The number of aromatic amines is 1. The lowest BCUT2D eigenvalue weighted by Gasteiger charge is -2.03. The van der Waals surface area contributed by atoms with E-state index >= 15 is 0 Å². The molecule has 0 radical (unpaired) electrons. The molecule has 1 aromatic carbocycles. The maximum Gasteiger partial charge on any atom is 0.0923 e. The average molecular weight is 232 g/mol. The highest BCUT2D eigenvalue weighted by molar-refractivity contribution is 5.58. The smallest absolute Gasteiger partial charge is 0.0923 e. The van der Waals surface area contributed by atoms with Crippen LogP contribution < -0.4 is 0 Å². The predicted octanol–water partition coefficient (Wildman–Crippen LogP) is 1.36. The fraction of sp³-hybridized carbons (Fsp3) is 0.308. The van der Waals surface area contributed by atoms with Crippen molar-refractivity contribution in [2.24, 2.45) is 0 Å². The molecule has 0 saturated heterocycles. The Bertz CT molecular complexity index is 453. The Labute approximate surface area is 99.9 Å². The summed E-state index contributed by atoms with van der Waals surface area (Å²) in [6.07, 6.45) is 0.563. The lowest BCUT2D eigenvalue weighted by molar-refractivity contribution is 0.0884. The highest BCUT2D eigenvalue weighted by Crippen LogP contribution is 2.17. The molecule has 1 heterocycles. The topological polar surface area (TPSA) is 69.1 Å². The minimum absolute atomic E-state index is 0.195. The van der Waals surface area contributed by atoms with Gasteiger partial charge in [0, 0.05) is 11.3 Å². The molecule has 0 bridgehead atoms. The van der Waals surface area contributed by atoms with E-state index in [0.717, 1.165) is 17.0 Å². The van der Waals surface area contributed by atoms with Crippen molar-refractivity contribution in [3.63, 3.8) is 0 Å². The summed E-state index contributed by atoms with van der Waals surface area (Å²) in [5.41, 5.74) is 2.94. The highest BCUT2D eigenvalue weighted by Gasteiger charge is 2.06. The number of aryl methyl sites for hydroxylation is 1. The zero-order valence-corrected chi connectivity index (χ0v) is 9.50. The van der Waals surface area contributed by atoms with E-state index in [9.17, 15) is 5.11 Å². The van der Waals surface area contributed by atoms with Crippen LogP contribution in [0.5, 0.6) is 0 Å². The Morgan fingerprint density at radius 1 is 1.24 bits per heavy atom. The van der Waals surface area contributed by atoms with Gasteiger partial charge in [0.25, 0.3) is 0 Å². The van der Waals surface area contributed by atoms with Gasteiger partial charge in [-0.2, -0.15) is 5.10 Å². The third kappa shape index (κ3) is 3.15. The molecule has 2 aromatic rings. The zero-order valence-electron chi connectivity index (χ0n) is 9.50. The number of aromatic nitrogens is 2. The van der Waals surface area contributed by atoms with Crippen LogP contribution >= 0.6 is 0 Å². The molecule has 0 aliphatic carbocycles. The summed E-state index contributed by atoms with van der Waals surface area (Å²) in [4.78, 5) is 0. The molecule has 4 nitrogen and oxygen atoms in total. The van der Waals surface area contributed by atoms with Crippen molar-refractivity contribution in [3.05, 3.63) is 42.1 Å². The zero-order chi connectivity index (χ0) is 12.1. The van der Waals surface area contributed by atoms with Gasteiger partial charge in [-0.15, -0.1) is 0 Å². The summed E-state index contributed by atoms with van der Waals surface area (Å²) in [6.45, 7) is -0.195. The molecule has 17 heavy (non-hydrogen) atoms. The van der Waals surface area contributed by atoms with Crippen LogP contribution in [0.4, 0.5) is 0 Å². The molecule has 0 amide bonds. The second-order valence-electron chi connectivity index (χ2n) is 4.02. The molecule has 2 rings (SSSR count). The quantitative estimate of drug-likeness (QED) is 0.729. The Morgan fingerprint density at radius 3 is 2.71 bits per heavy atom. The van der Waals surface area contributed by atoms with Gasteiger partial charge in [0.15, 0.2) is 0 Å². The Morgan fingerprint density at radius 2 is 2.00 bits per heavy atom. The second kappa shape index (κ2) is 5.61. The maximum absolute atomic E-state index is 9.26. The molecule has 1 unspecified atom stereocenters. The molecule has 1 aromatic heterocycles. The van der Waals surface area contributed by atoms with E-state index in [-0.39, 0.29) is 6.61 Å². The van der Waals surface area contributed by atoms with Gasteiger partial charge in [-0.05, 0) is 18.9 Å². The fourth-order valence-electron chi connectivity index (χ4n) is 1.66. The normalized spacial score (nSPS) is 12.6. The van der Waals surface area contributed by atoms with E-state index in [2.05, 4.69) is 10.2 Å². The van der Waals surface area contributed by atoms with E-state index in [4.69, 9.17) is 5.11 Å². The number of H-pyrrole nitrogens is 1. The van der Waals surface area contributed by atoms with Gasteiger partial charge in [0.05, 0.1) is 18.4 Å². The van der Waals surface area contributed by atoms with Gasteiger partial charge in [-0.25, -0.2) is 0 Å². The SMILES string of the molecule is OCC(O)CCc1cc(-c2ccccc2)n[nH]1. The molecular formula is C13H16N2O2. The Kier molecular flexibility index (Phi) is 3.90. The third-order valence-corrected chi connectivity index (χ3v) is 2.66. The van der Waals surface area contributed by atoms with Crippen LogP contribution in [0.25, 0.3) is 11.3 Å². The Hall–Kier alpha value is -1.65. The number of nitrogens with one attached hydrogen (secondary N) is 1. The maximum atomic E-state index is 9.26. The molecule has 4 heteroatoms. The molecular weight excluding hydrogens is 216 g/mol. The van der Waals surface area contributed by atoms with Crippen molar-refractivity contribution >= 4 is 0 Å². The second-order valence-corrected chi connectivity index (χ2v) is 4.02. The van der Waals surface area contributed by atoms with Crippen LogP contribution in [0.15, 0.2) is 36.4 Å². The minimum atomic E-state index is -0.654. The van der Waals surface area contributed by atoms with Crippen LogP contribution in [0.1, 0.15) is 12.1 Å². The van der Waals surface area contributed by atoms with Crippen LogP contribution in [-0.2, 0) is 6.42 Å². The van der Waals surface area contributed by atoms with Crippen LogP contribution in [0.3, 0.4) is 0 Å². The van der Waals surface area contributed by atoms with Crippen LogP contribution in [0, 0.1) is 0 Å². The van der Waals surface area contributed by atoms with Gasteiger partial charge >= 0.3 is 0 Å². The van der Waals surface area contributed by atoms with Gasteiger partial charge in [0.1, 0.15) is 0 Å². The highest BCUT2D eigenvalue weighted by atomic mass is 16.3. The average Bonchev–Trinajstić information content (AvgIpc) is 2.86. The number of rotatable bonds is 5. The summed E-state index contributed by atoms with van der Waals surface area (Å²) in [5, 5.41) is 25.1. The van der Waals surface area contributed by atoms with Crippen molar-refractivity contribution in [2.75, 3.05) is 6.61 Å². The molecule has 0 spiro atoms. The lowest BCUT2D eigenvalue weighted by Crippen LogP contribution is -2.12. The molecule has 0 fully saturated rings. The number of benzene rings is 1. The lowest BCUT2D eigenvalue weighted by atomic mass is 10.1. The number of aliphatic hydroxyl groups excluding tert-OH is 2. The number of aliphatic hydroxyl groups is 2. The molecule has 0 aliphatic heterocycles. The van der Waals surface area contributed by atoms with Gasteiger partial charge in [-0.1, -0.05) is 30.3 Å². The number of nitrogens with zero attached hydrogens (tertiary/aromatic N) is 1. The standard InChI is InChI=1S/C13H16N2O2/c16-9-12(17)7-6-11-8-13(15-14-11)10-4-2-1-3-5-10/h1-5,8,12,16-17H,6-7,9H2,(H,14,15).